The van der Waals surface area contributed by atoms with Gasteiger partial charge in [0.05, 0.1) is 17.1 Å². The van der Waals surface area contributed by atoms with Gasteiger partial charge in [-0.25, -0.2) is 13.1 Å². The lowest BCUT2D eigenvalue weighted by Gasteiger charge is -2.10. The van der Waals surface area contributed by atoms with Crippen molar-refractivity contribution in [1.82, 2.24) is 15.0 Å². The molecule has 0 saturated carbocycles. The minimum atomic E-state index is -3.73. The molecule has 6 nitrogen and oxygen atoms in total. The van der Waals surface area contributed by atoms with E-state index in [1.807, 2.05) is 35.9 Å². The summed E-state index contributed by atoms with van der Waals surface area (Å²) in [6.07, 6.45) is 1.70. The number of hydrogen-bond donors (Lipinski definition) is 2. The second kappa shape index (κ2) is 8.43. The van der Waals surface area contributed by atoms with Crippen molar-refractivity contribution in [3.8, 4) is 11.3 Å². The van der Waals surface area contributed by atoms with E-state index in [-0.39, 0.29) is 18.0 Å². The van der Waals surface area contributed by atoms with E-state index in [9.17, 15) is 13.2 Å². The van der Waals surface area contributed by atoms with Gasteiger partial charge in [0.25, 0.3) is 0 Å². The molecule has 8 heteroatoms. The van der Waals surface area contributed by atoms with E-state index in [1.54, 1.807) is 35.7 Å². The molecule has 2 aromatic heterocycles. The molecule has 2 heterocycles. The predicted molar refractivity (Wildman–Crippen MR) is 106 cm³/mol. The Labute approximate surface area is 162 Å². The van der Waals surface area contributed by atoms with E-state index in [0.29, 0.717) is 0 Å². The summed E-state index contributed by atoms with van der Waals surface area (Å²) in [6.45, 7) is 1.75. The number of pyridine rings is 1. The molecule has 0 spiro atoms. The zero-order chi connectivity index (χ0) is 19.3. The number of amides is 1. The Morgan fingerprint density at radius 1 is 1.19 bits per heavy atom. The lowest BCUT2D eigenvalue weighted by molar-refractivity contribution is -0.120. The normalized spacial score (nSPS) is 11.3. The number of aryl methyl sites for hydroxylation is 1. The van der Waals surface area contributed by atoms with Gasteiger partial charge in [-0.2, -0.15) is 11.3 Å². The number of nitrogens with one attached hydrogen (secondary N) is 2. The van der Waals surface area contributed by atoms with Crippen molar-refractivity contribution in [3.05, 3.63) is 70.5 Å². The van der Waals surface area contributed by atoms with Crippen LogP contribution < -0.4 is 10.0 Å². The van der Waals surface area contributed by atoms with Crippen LogP contribution in [0.5, 0.6) is 0 Å². The minimum absolute atomic E-state index is 0.141. The van der Waals surface area contributed by atoms with Crippen molar-refractivity contribution < 1.29 is 13.2 Å². The van der Waals surface area contributed by atoms with Crippen LogP contribution in [-0.2, 0) is 21.4 Å². The third-order valence-electron chi connectivity index (χ3n) is 3.88. The van der Waals surface area contributed by atoms with Crippen LogP contribution in [0.4, 0.5) is 0 Å². The van der Waals surface area contributed by atoms with Gasteiger partial charge in [-0.05, 0) is 47.7 Å². The molecule has 2 N–H and O–H groups in total. The van der Waals surface area contributed by atoms with Gasteiger partial charge in [0.2, 0.25) is 15.9 Å². The Morgan fingerprint density at radius 3 is 2.78 bits per heavy atom. The third-order valence-corrected chi connectivity index (χ3v) is 5.97. The van der Waals surface area contributed by atoms with Crippen molar-refractivity contribution in [2.75, 3.05) is 6.54 Å². The van der Waals surface area contributed by atoms with E-state index in [0.717, 1.165) is 22.4 Å². The molecule has 1 amide bonds. The molecule has 140 valence electrons. The van der Waals surface area contributed by atoms with Crippen LogP contribution in [0.3, 0.4) is 0 Å². The molecule has 0 aliphatic carbocycles. The van der Waals surface area contributed by atoms with Gasteiger partial charge in [0, 0.05) is 23.7 Å². The topological polar surface area (TPSA) is 88.2 Å². The van der Waals surface area contributed by atoms with E-state index in [1.165, 1.54) is 6.07 Å². The summed E-state index contributed by atoms with van der Waals surface area (Å²) in [4.78, 5) is 16.6. The molecular weight excluding hydrogens is 382 g/mol. The standard InChI is InChI=1S/C19H19N3O3S2/c1-14-4-2-6-17(10-14)27(24,25)22-12-18(23)21-11-15-5-3-8-20-19(15)16-7-9-26-13-16/h2-10,13,22H,11-12H2,1H3,(H,21,23). The van der Waals surface area contributed by atoms with Crippen LogP contribution in [-0.4, -0.2) is 25.9 Å². The molecule has 0 saturated heterocycles. The Bertz CT molecular complexity index is 1030. The first-order chi connectivity index (χ1) is 13.0. The smallest absolute Gasteiger partial charge is 0.241 e. The number of sulfonamides is 1. The fourth-order valence-electron chi connectivity index (χ4n) is 2.52. The van der Waals surface area contributed by atoms with Crippen LogP contribution in [0.1, 0.15) is 11.1 Å². The second-order valence-electron chi connectivity index (χ2n) is 5.94. The zero-order valence-electron chi connectivity index (χ0n) is 14.7. The number of hydrogen-bond acceptors (Lipinski definition) is 5. The van der Waals surface area contributed by atoms with Gasteiger partial charge in [0.1, 0.15) is 0 Å². The summed E-state index contributed by atoms with van der Waals surface area (Å²) in [5.74, 6) is -0.411. The van der Waals surface area contributed by atoms with Crippen molar-refractivity contribution in [1.29, 1.82) is 0 Å². The maximum absolute atomic E-state index is 12.3. The minimum Gasteiger partial charge on any atom is -0.351 e. The maximum Gasteiger partial charge on any atom is 0.241 e. The highest BCUT2D eigenvalue weighted by atomic mass is 32.2. The number of carbonyl (C=O) groups excluding carboxylic acids is 1. The van der Waals surface area contributed by atoms with Crippen LogP contribution in [0.15, 0.2) is 64.3 Å². The quantitative estimate of drug-likeness (QED) is 0.637. The van der Waals surface area contributed by atoms with Crippen molar-refractivity contribution in [2.45, 2.75) is 18.4 Å². The third kappa shape index (κ3) is 5.00. The summed E-state index contributed by atoms with van der Waals surface area (Å²) >= 11 is 1.57. The van der Waals surface area contributed by atoms with Gasteiger partial charge < -0.3 is 5.32 Å². The first-order valence-corrected chi connectivity index (χ1v) is 10.7. The van der Waals surface area contributed by atoms with Gasteiger partial charge in [0.15, 0.2) is 0 Å². The Balaban J connectivity index is 1.60. The van der Waals surface area contributed by atoms with E-state index in [4.69, 9.17) is 0 Å². The monoisotopic (exact) mass is 401 g/mol. The highest BCUT2D eigenvalue weighted by Crippen LogP contribution is 2.23. The Kier molecular flexibility index (Phi) is 6.00. The average molecular weight is 402 g/mol. The van der Waals surface area contributed by atoms with Crippen molar-refractivity contribution in [3.63, 3.8) is 0 Å². The van der Waals surface area contributed by atoms with Crippen molar-refractivity contribution >= 4 is 27.3 Å². The fraction of sp³-hybridized carbons (Fsp3) is 0.158. The SMILES string of the molecule is Cc1cccc(S(=O)(=O)NCC(=O)NCc2cccnc2-c2ccsc2)c1. The summed E-state index contributed by atoms with van der Waals surface area (Å²) in [7, 11) is -3.73. The maximum atomic E-state index is 12.3. The van der Waals surface area contributed by atoms with Gasteiger partial charge in [-0.1, -0.05) is 18.2 Å². The number of thiophene rings is 1. The molecule has 0 fully saturated rings. The Morgan fingerprint density at radius 2 is 2.04 bits per heavy atom. The van der Waals surface area contributed by atoms with Gasteiger partial charge in [-0.3, -0.25) is 9.78 Å². The molecule has 0 aliphatic rings. The first kappa shape index (κ1) is 19.2. The second-order valence-corrected chi connectivity index (χ2v) is 8.49. The molecular formula is C19H19N3O3S2. The molecule has 0 radical (unpaired) electrons. The molecule has 0 bridgehead atoms. The molecule has 3 aromatic rings. The molecule has 0 unspecified atom stereocenters. The lowest BCUT2D eigenvalue weighted by Crippen LogP contribution is -2.36. The number of aromatic nitrogens is 1. The van der Waals surface area contributed by atoms with Gasteiger partial charge >= 0.3 is 0 Å². The van der Waals surface area contributed by atoms with E-state index >= 15 is 0 Å². The van der Waals surface area contributed by atoms with Crippen LogP contribution >= 0.6 is 11.3 Å². The fourth-order valence-corrected chi connectivity index (χ4v) is 4.25. The number of carbonyl (C=O) groups is 1. The number of benzene rings is 1. The van der Waals surface area contributed by atoms with E-state index < -0.39 is 15.9 Å². The highest BCUT2D eigenvalue weighted by molar-refractivity contribution is 7.89. The molecule has 27 heavy (non-hydrogen) atoms. The van der Waals surface area contributed by atoms with E-state index in [2.05, 4.69) is 15.0 Å². The van der Waals surface area contributed by atoms with Crippen LogP contribution in [0, 0.1) is 6.92 Å². The summed E-state index contributed by atoms with van der Waals surface area (Å²) < 4.78 is 26.9. The van der Waals surface area contributed by atoms with Gasteiger partial charge in [-0.15, -0.1) is 0 Å². The zero-order valence-corrected chi connectivity index (χ0v) is 16.3. The summed E-state index contributed by atoms with van der Waals surface area (Å²) in [5.41, 5.74) is 3.50. The number of rotatable bonds is 7. The molecule has 3 rings (SSSR count). The molecule has 0 aliphatic heterocycles. The lowest BCUT2D eigenvalue weighted by atomic mass is 10.1. The number of nitrogens with zero attached hydrogens (tertiary/aromatic N) is 1. The summed E-state index contributed by atoms with van der Waals surface area (Å²) in [5, 5.41) is 6.69. The largest absolute Gasteiger partial charge is 0.351 e. The van der Waals surface area contributed by atoms with Crippen molar-refractivity contribution in [2.24, 2.45) is 0 Å². The summed E-state index contributed by atoms with van der Waals surface area (Å²) in [6, 6.07) is 12.2. The van der Waals surface area contributed by atoms with Crippen LogP contribution in [0.25, 0.3) is 11.3 Å². The molecule has 0 atom stereocenters. The predicted octanol–water partition coefficient (Wildman–Crippen LogP) is 2.71. The first-order valence-electron chi connectivity index (χ1n) is 8.25. The Hall–Kier alpha value is -2.55. The van der Waals surface area contributed by atoms with Crippen LogP contribution in [0.2, 0.25) is 0 Å². The average Bonchev–Trinajstić information content (AvgIpc) is 3.19. The highest BCUT2D eigenvalue weighted by Gasteiger charge is 2.16. The molecule has 1 aromatic carbocycles.